The van der Waals surface area contributed by atoms with E-state index in [1.54, 1.807) is 42.3 Å². The van der Waals surface area contributed by atoms with Gasteiger partial charge in [0, 0.05) is 12.4 Å². The third-order valence-electron chi connectivity index (χ3n) is 2.29. The molecule has 4 nitrogen and oxygen atoms in total. The van der Waals surface area contributed by atoms with Crippen LogP contribution in [-0.4, -0.2) is 20.5 Å². The first-order valence-corrected chi connectivity index (χ1v) is 4.70. The lowest BCUT2D eigenvalue weighted by Gasteiger charge is -2.09. The third-order valence-corrected chi connectivity index (χ3v) is 2.29. The molecule has 0 amide bonds. The van der Waals surface area contributed by atoms with Crippen molar-refractivity contribution in [2.45, 2.75) is 6.92 Å². The molecule has 1 heterocycles. The van der Waals surface area contributed by atoms with Gasteiger partial charge in [-0.05, 0) is 19.1 Å². The minimum Gasteiger partial charge on any atom is -0.411 e. The van der Waals surface area contributed by atoms with E-state index in [0.29, 0.717) is 5.69 Å². The Bertz CT molecular complexity index is 520. The topological polar surface area (TPSA) is 50.4 Å². The lowest BCUT2D eigenvalue weighted by atomic mass is 10.1. The maximum atomic E-state index is 13.7. The van der Waals surface area contributed by atoms with Crippen LogP contribution in [0, 0.1) is 5.82 Å². The number of hydrogen-bond acceptors (Lipinski definition) is 3. The number of imidazole rings is 1. The summed E-state index contributed by atoms with van der Waals surface area (Å²) >= 11 is 0. The van der Waals surface area contributed by atoms with Crippen molar-refractivity contribution in [1.29, 1.82) is 0 Å². The Morgan fingerprint density at radius 2 is 2.31 bits per heavy atom. The van der Waals surface area contributed by atoms with Crippen molar-refractivity contribution in [3.05, 3.63) is 48.3 Å². The molecule has 1 aromatic heterocycles. The van der Waals surface area contributed by atoms with Gasteiger partial charge >= 0.3 is 0 Å². The number of rotatable bonds is 2. The first-order valence-electron chi connectivity index (χ1n) is 4.70. The van der Waals surface area contributed by atoms with Crippen LogP contribution in [-0.2, 0) is 0 Å². The van der Waals surface area contributed by atoms with Crippen LogP contribution in [0.25, 0.3) is 5.69 Å². The van der Waals surface area contributed by atoms with Gasteiger partial charge in [-0.1, -0.05) is 11.2 Å². The Morgan fingerprint density at radius 3 is 2.94 bits per heavy atom. The molecule has 2 aromatic rings. The van der Waals surface area contributed by atoms with Gasteiger partial charge in [-0.3, -0.25) is 0 Å². The van der Waals surface area contributed by atoms with E-state index in [1.165, 1.54) is 6.07 Å². The molecule has 5 heteroatoms. The second kappa shape index (κ2) is 4.14. The van der Waals surface area contributed by atoms with E-state index in [4.69, 9.17) is 5.21 Å². The van der Waals surface area contributed by atoms with Crippen LogP contribution in [0.1, 0.15) is 12.5 Å². The summed E-state index contributed by atoms with van der Waals surface area (Å²) < 4.78 is 15.3. The van der Waals surface area contributed by atoms with Gasteiger partial charge in [-0.15, -0.1) is 0 Å². The van der Waals surface area contributed by atoms with E-state index in [1.807, 2.05) is 0 Å². The van der Waals surface area contributed by atoms with Crippen molar-refractivity contribution >= 4 is 5.71 Å². The molecule has 0 saturated heterocycles. The molecule has 0 fully saturated rings. The monoisotopic (exact) mass is 219 g/mol. The molecule has 0 bridgehead atoms. The van der Waals surface area contributed by atoms with Crippen LogP contribution in [0.5, 0.6) is 0 Å². The zero-order chi connectivity index (χ0) is 11.5. The number of aromatic nitrogens is 2. The molecular weight excluding hydrogens is 209 g/mol. The first kappa shape index (κ1) is 10.4. The standard InChI is InChI=1S/C11H10FN3O/c1-8(14-16)11-9(12)3-2-4-10(11)15-6-5-13-7-15/h2-7,16H,1H3. The highest BCUT2D eigenvalue weighted by atomic mass is 19.1. The highest BCUT2D eigenvalue weighted by Gasteiger charge is 2.12. The second-order valence-electron chi connectivity index (χ2n) is 3.29. The maximum Gasteiger partial charge on any atom is 0.134 e. The Labute approximate surface area is 91.7 Å². The van der Waals surface area contributed by atoms with Crippen molar-refractivity contribution in [3.8, 4) is 5.69 Å². The smallest absolute Gasteiger partial charge is 0.134 e. The predicted molar refractivity (Wildman–Crippen MR) is 57.5 cm³/mol. The first-order chi connectivity index (χ1) is 7.74. The molecular formula is C11H10FN3O. The van der Waals surface area contributed by atoms with Crippen molar-refractivity contribution < 1.29 is 9.60 Å². The SMILES string of the molecule is CC(=NO)c1c(F)cccc1-n1ccnc1. The fourth-order valence-electron chi connectivity index (χ4n) is 1.54. The Balaban J connectivity index is 2.67. The largest absolute Gasteiger partial charge is 0.411 e. The summed E-state index contributed by atoms with van der Waals surface area (Å²) in [5.74, 6) is -0.429. The molecule has 0 saturated carbocycles. The molecule has 0 aliphatic heterocycles. The van der Waals surface area contributed by atoms with Gasteiger partial charge in [-0.25, -0.2) is 9.37 Å². The summed E-state index contributed by atoms with van der Waals surface area (Å²) in [6, 6.07) is 4.65. The second-order valence-corrected chi connectivity index (χ2v) is 3.29. The average Bonchev–Trinajstić information content (AvgIpc) is 2.81. The van der Waals surface area contributed by atoms with Crippen molar-refractivity contribution in [1.82, 2.24) is 9.55 Å². The van der Waals surface area contributed by atoms with Crippen LogP contribution in [0.3, 0.4) is 0 Å². The van der Waals surface area contributed by atoms with Crippen molar-refractivity contribution in [2.24, 2.45) is 5.16 Å². The van der Waals surface area contributed by atoms with Crippen LogP contribution in [0.15, 0.2) is 42.1 Å². The predicted octanol–water partition coefficient (Wildman–Crippen LogP) is 2.21. The van der Waals surface area contributed by atoms with E-state index in [-0.39, 0.29) is 11.3 Å². The molecule has 1 N–H and O–H groups in total. The summed E-state index contributed by atoms with van der Waals surface area (Å²) in [5, 5.41) is 11.8. The summed E-state index contributed by atoms with van der Waals surface area (Å²) in [5.41, 5.74) is 1.08. The van der Waals surface area contributed by atoms with Crippen molar-refractivity contribution in [3.63, 3.8) is 0 Å². The lowest BCUT2D eigenvalue weighted by Crippen LogP contribution is -2.06. The van der Waals surface area contributed by atoms with E-state index >= 15 is 0 Å². The molecule has 2 rings (SSSR count). The summed E-state index contributed by atoms with van der Waals surface area (Å²) in [4.78, 5) is 3.89. The number of oxime groups is 1. The molecule has 0 radical (unpaired) electrons. The van der Waals surface area contributed by atoms with Gasteiger partial charge in [0.15, 0.2) is 0 Å². The van der Waals surface area contributed by atoms with E-state index in [0.717, 1.165) is 0 Å². The molecule has 0 aliphatic carbocycles. The molecule has 16 heavy (non-hydrogen) atoms. The number of benzene rings is 1. The van der Waals surface area contributed by atoms with Gasteiger partial charge in [0.25, 0.3) is 0 Å². The molecule has 0 unspecified atom stereocenters. The zero-order valence-corrected chi connectivity index (χ0v) is 8.63. The van der Waals surface area contributed by atoms with E-state index in [2.05, 4.69) is 10.1 Å². The van der Waals surface area contributed by atoms with Gasteiger partial charge in [0.1, 0.15) is 5.82 Å². The zero-order valence-electron chi connectivity index (χ0n) is 8.63. The number of halogens is 1. The molecule has 1 aromatic carbocycles. The Hall–Kier alpha value is -2.17. The summed E-state index contributed by atoms with van der Waals surface area (Å²) in [6.07, 6.45) is 4.85. The van der Waals surface area contributed by atoms with Gasteiger partial charge < -0.3 is 9.77 Å². The third kappa shape index (κ3) is 1.67. The fourth-order valence-corrected chi connectivity index (χ4v) is 1.54. The normalized spacial score (nSPS) is 11.8. The van der Waals surface area contributed by atoms with Crippen molar-refractivity contribution in [2.75, 3.05) is 0 Å². The minimum absolute atomic E-state index is 0.224. The van der Waals surface area contributed by atoms with E-state index in [9.17, 15) is 4.39 Å². The molecule has 0 spiro atoms. The number of nitrogens with zero attached hydrogens (tertiary/aromatic N) is 3. The van der Waals surface area contributed by atoms with Gasteiger partial charge in [0.05, 0.1) is 23.3 Å². The fraction of sp³-hybridized carbons (Fsp3) is 0.0909. The van der Waals surface area contributed by atoms with Gasteiger partial charge in [-0.2, -0.15) is 0 Å². The summed E-state index contributed by atoms with van der Waals surface area (Å²) in [7, 11) is 0. The minimum atomic E-state index is -0.429. The molecule has 82 valence electrons. The maximum absolute atomic E-state index is 13.7. The van der Waals surface area contributed by atoms with Crippen LogP contribution >= 0.6 is 0 Å². The average molecular weight is 219 g/mol. The highest BCUT2D eigenvalue weighted by molar-refractivity contribution is 6.01. The van der Waals surface area contributed by atoms with Crippen LogP contribution in [0.2, 0.25) is 0 Å². The lowest BCUT2D eigenvalue weighted by molar-refractivity contribution is 0.319. The van der Waals surface area contributed by atoms with Crippen LogP contribution in [0.4, 0.5) is 4.39 Å². The highest BCUT2D eigenvalue weighted by Crippen LogP contribution is 2.18. The molecule has 0 aliphatic rings. The Morgan fingerprint density at radius 1 is 1.50 bits per heavy atom. The number of hydrogen-bond donors (Lipinski definition) is 1. The summed E-state index contributed by atoms with van der Waals surface area (Å²) in [6.45, 7) is 1.54. The quantitative estimate of drug-likeness (QED) is 0.478. The van der Waals surface area contributed by atoms with Gasteiger partial charge in [0.2, 0.25) is 0 Å². The Kier molecular flexibility index (Phi) is 2.68. The van der Waals surface area contributed by atoms with E-state index < -0.39 is 5.82 Å². The van der Waals surface area contributed by atoms with Crippen LogP contribution < -0.4 is 0 Å². The molecule has 0 atom stereocenters.